The topological polar surface area (TPSA) is 61.5 Å². The molecule has 4 nitrogen and oxygen atoms in total. The Morgan fingerprint density at radius 2 is 2.19 bits per heavy atom. The quantitative estimate of drug-likeness (QED) is 0.624. The number of rotatable bonds is 4. The number of ether oxygens (including phenoxy) is 2. The lowest BCUT2D eigenvalue weighted by molar-refractivity contribution is 0.0170. The van der Waals surface area contributed by atoms with Crippen molar-refractivity contribution in [2.75, 3.05) is 19.5 Å². The number of hydrogen-bond donors (Lipinski definition) is 1. The molecular formula is C12H17NO3. The molecule has 0 fully saturated rings. The van der Waals surface area contributed by atoms with Gasteiger partial charge in [-0.15, -0.1) is 0 Å². The van der Waals surface area contributed by atoms with E-state index in [4.69, 9.17) is 15.2 Å². The Kier molecular flexibility index (Phi) is 4.31. The Labute approximate surface area is 95.3 Å². The van der Waals surface area contributed by atoms with Crippen LogP contribution in [0.3, 0.4) is 0 Å². The zero-order chi connectivity index (χ0) is 12.1. The molecule has 16 heavy (non-hydrogen) atoms. The third kappa shape index (κ3) is 3.24. The maximum atomic E-state index is 11.7. The molecule has 1 atom stereocenters. The van der Waals surface area contributed by atoms with Crippen molar-refractivity contribution in [3.63, 3.8) is 0 Å². The van der Waals surface area contributed by atoms with Gasteiger partial charge in [-0.2, -0.15) is 0 Å². The summed E-state index contributed by atoms with van der Waals surface area (Å²) in [5.41, 5.74) is 7.51. The molecule has 0 amide bonds. The minimum atomic E-state index is -0.412. The summed E-state index contributed by atoms with van der Waals surface area (Å²) < 4.78 is 10.1. The number of nitrogens with two attached hydrogens (primary N) is 1. The van der Waals surface area contributed by atoms with E-state index in [1.54, 1.807) is 19.2 Å². The zero-order valence-corrected chi connectivity index (χ0v) is 9.82. The molecule has 0 aliphatic carbocycles. The molecular weight excluding hydrogens is 206 g/mol. The lowest BCUT2D eigenvalue weighted by Gasteiger charge is -2.11. The molecule has 0 radical (unpaired) electrons. The van der Waals surface area contributed by atoms with E-state index in [1.807, 2.05) is 19.9 Å². The summed E-state index contributed by atoms with van der Waals surface area (Å²) in [5.74, 6) is -0.412. The van der Waals surface area contributed by atoms with Gasteiger partial charge in [0.05, 0.1) is 11.7 Å². The van der Waals surface area contributed by atoms with Gasteiger partial charge in [0.2, 0.25) is 0 Å². The number of carbonyl (C=O) groups is 1. The van der Waals surface area contributed by atoms with Gasteiger partial charge in [-0.05, 0) is 26.0 Å². The third-order valence-corrected chi connectivity index (χ3v) is 2.28. The first-order valence-corrected chi connectivity index (χ1v) is 5.10. The van der Waals surface area contributed by atoms with E-state index >= 15 is 0 Å². The molecule has 1 unspecified atom stereocenters. The predicted molar refractivity (Wildman–Crippen MR) is 62.3 cm³/mol. The molecule has 1 rings (SSSR count). The number of esters is 1. The van der Waals surface area contributed by atoms with Crippen LogP contribution in [0.25, 0.3) is 0 Å². The zero-order valence-electron chi connectivity index (χ0n) is 9.82. The van der Waals surface area contributed by atoms with E-state index < -0.39 is 5.97 Å². The first-order valence-electron chi connectivity index (χ1n) is 5.10. The van der Waals surface area contributed by atoms with Crippen molar-refractivity contribution in [2.24, 2.45) is 0 Å². The normalized spacial score (nSPS) is 12.2. The van der Waals surface area contributed by atoms with Crippen LogP contribution < -0.4 is 5.73 Å². The smallest absolute Gasteiger partial charge is 0.340 e. The molecule has 4 heteroatoms. The number of carbonyl (C=O) groups excluding carboxylic acids is 1. The van der Waals surface area contributed by atoms with Crippen LogP contribution in [0.2, 0.25) is 0 Å². The summed E-state index contributed by atoms with van der Waals surface area (Å²) in [4.78, 5) is 11.7. The lowest BCUT2D eigenvalue weighted by Crippen LogP contribution is -2.18. The van der Waals surface area contributed by atoms with E-state index in [0.717, 1.165) is 5.56 Å². The van der Waals surface area contributed by atoms with E-state index in [1.165, 1.54) is 0 Å². The first kappa shape index (κ1) is 12.5. The second-order valence-electron chi connectivity index (χ2n) is 3.74. The van der Waals surface area contributed by atoms with E-state index in [9.17, 15) is 4.79 Å². The Morgan fingerprint density at radius 3 is 2.81 bits per heavy atom. The molecule has 0 saturated heterocycles. The molecule has 88 valence electrons. The standard InChI is InChI=1S/C12H17NO3/c1-8-4-5-11(13)10(6-8)12(14)16-7-9(2)15-3/h4-6,9H,7,13H2,1-3H3. The summed E-state index contributed by atoms with van der Waals surface area (Å²) in [5, 5.41) is 0. The van der Waals surface area contributed by atoms with Crippen molar-refractivity contribution in [3.8, 4) is 0 Å². The van der Waals surface area contributed by atoms with Gasteiger partial charge in [0.1, 0.15) is 6.61 Å². The first-order chi connectivity index (χ1) is 7.54. The number of anilines is 1. The molecule has 0 aliphatic rings. The van der Waals surface area contributed by atoms with Crippen LogP contribution in [0, 0.1) is 6.92 Å². The number of nitrogen functional groups attached to an aromatic ring is 1. The molecule has 0 spiro atoms. The van der Waals surface area contributed by atoms with Gasteiger partial charge >= 0.3 is 5.97 Å². The van der Waals surface area contributed by atoms with E-state index in [-0.39, 0.29) is 12.7 Å². The van der Waals surface area contributed by atoms with E-state index in [0.29, 0.717) is 11.3 Å². The van der Waals surface area contributed by atoms with Crippen LogP contribution in [-0.2, 0) is 9.47 Å². The minimum absolute atomic E-state index is 0.116. The summed E-state index contributed by atoms with van der Waals surface area (Å²) in [6.07, 6.45) is -0.116. The molecule has 0 bridgehead atoms. The number of aryl methyl sites for hydroxylation is 1. The highest BCUT2D eigenvalue weighted by atomic mass is 16.6. The highest BCUT2D eigenvalue weighted by Crippen LogP contribution is 2.15. The highest BCUT2D eigenvalue weighted by molar-refractivity contribution is 5.95. The van der Waals surface area contributed by atoms with Gasteiger partial charge in [-0.1, -0.05) is 11.6 Å². The SMILES string of the molecule is COC(C)COC(=O)c1cc(C)ccc1N. The van der Waals surface area contributed by atoms with Crippen molar-refractivity contribution >= 4 is 11.7 Å². The number of methoxy groups -OCH3 is 1. The van der Waals surface area contributed by atoms with Gasteiger partial charge in [0.25, 0.3) is 0 Å². The van der Waals surface area contributed by atoms with Crippen molar-refractivity contribution in [1.29, 1.82) is 0 Å². The van der Waals surface area contributed by atoms with Crippen molar-refractivity contribution < 1.29 is 14.3 Å². The van der Waals surface area contributed by atoms with Crippen LogP contribution in [0.1, 0.15) is 22.8 Å². The molecule has 1 aromatic rings. The highest BCUT2D eigenvalue weighted by Gasteiger charge is 2.12. The molecule has 1 aromatic carbocycles. The minimum Gasteiger partial charge on any atom is -0.459 e. The van der Waals surface area contributed by atoms with Crippen LogP contribution in [0.15, 0.2) is 18.2 Å². The average molecular weight is 223 g/mol. The van der Waals surface area contributed by atoms with E-state index in [2.05, 4.69) is 0 Å². The fourth-order valence-corrected chi connectivity index (χ4v) is 1.19. The summed E-state index contributed by atoms with van der Waals surface area (Å²) >= 11 is 0. The lowest BCUT2D eigenvalue weighted by atomic mass is 10.1. The Balaban J connectivity index is 2.69. The predicted octanol–water partition coefficient (Wildman–Crippen LogP) is 1.77. The van der Waals surface area contributed by atoms with Crippen molar-refractivity contribution in [3.05, 3.63) is 29.3 Å². The maximum Gasteiger partial charge on any atom is 0.340 e. The van der Waals surface area contributed by atoms with Crippen molar-refractivity contribution in [1.82, 2.24) is 0 Å². The fourth-order valence-electron chi connectivity index (χ4n) is 1.19. The summed E-state index contributed by atoms with van der Waals surface area (Å²) in [6.45, 7) is 3.95. The third-order valence-electron chi connectivity index (χ3n) is 2.28. The summed E-state index contributed by atoms with van der Waals surface area (Å²) in [6, 6.07) is 5.27. The largest absolute Gasteiger partial charge is 0.459 e. The molecule has 0 aliphatic heterocycles. The van der Waals surface area contributed by atoms with Gasteiger partial charge < -0.3 is 15.2 Å². The molecule has 0 aromatic heterocycles. The molecule has 2 N–H and O–H groups in total. The van der Waals surface area contributed by atoms with Gasteiger partial charge in [0, 0.05) is 12.8 Å². The van der Waals surface area contributed by atoms with Gasteiger partial charge in [0.15, 0.2) is 0 Å². The van der Waals surface area contributed by atoms with Crippen LogP contribution >= 0.6 is 0 Å². The monoisotopic (exact) mass is 223 g/mol. The van der Waals surface area contributed by atoms with Crippen LogP contribution in [-0.4, -0.2) is 25.8 Å². The molecule has 0 heterocycles. The fraction of sp³-hybridized carbons (Fsp3) is 0.417. The number of benzene rings is 1. The average Bonchev–Trinajstić information content (AvgIpc) is 2.28. The van der Waals surface area contributed by atoms with Gasteiger partial charge in [-0.25, -0.2) is 4.79 Å². The van der Waals surface area contributed by atoms with Gasteiger partial charge in [-0.3, -0.25) is 0 Å². The molecule has 0 saturated carbocycles. The number of hydrogen-bond acceptors (Lipinski definition) is 4. The Hall–Kier alpha value is -1.55. The summed E-state index contributed by atoms with van der Waals surface area (Å²) in [7, 11) is 1.57. The van der Waals surface area contributed by atoms with Crippen molar-refractivity contribution in [2.45, 2.75) is 20.0 Å². The second kappa shape index (κ2) is 5.51. The Morgan fingerprint density at radius 1 is 1.50 bits per heavy atom. The van der Waals surface area contributed by atoms with Crippen LogP contribution in [0.5, 0.6) is 0 Å². The maximum absolute atomic E-state index is 11.7. The van der Waals surface area contributed by atoms with Crippen LogP contribution in [0.4, 0.5) is 5.69 Å². The second-order valence-corrected chi connectivity index (χ2v) is 3.74. The Bertz CT molecular complexity index is 377.